The number of fused-ring (bicyclic) bond motifs is 1. The summed E-state index contributed by atoms with van der Waals surface area (Å²) in [6, 6.07) is 5.53. The van der Waals surface area contributed by atoms with Gasteiger partial charge in [0.05, 0.1) is 18.8 Å². The van der Waals surface area contributed by atoms with Crippen LogP contribution in [-0.4, -0.2) is 62.7 Å². The van der Waals surface area contributed by atoms with E-state index >= 15 is 0 Å². The molecule has 2 heterocycles. The van der Waals surface area contributed by atoms with Gasteiger partial charge in [0.1, 0.15) is 0 Å². The number of hydrogen-bond acceptors (Lipinski definition) is 6. The molecule has 1 aromatic carbocycles. The second-order valence-electron chi connectivity index (χ2n) is 5.54. The van der Waals surface area contributed by atoms with Gasteiger partial charge in [0, 0.05) is 26.2 Å². The van der Waals surface area contributed by atoms with Gasteiger partial charge in [0.2, 0.25) is 6.79 Å². The average molecular weight is 294 g/mol. The summed E-state index contributed by atoms with van der Waals surface area (Å²) in [6.45, 7) is 4.16. The number of hydrogen-bond donors (Lipinski definition) is 2. The summed E-state index contributed by atoms with van der Waals surface area (Å²) in [5.41, 5.74) is 0.827. The summed E-state index contributed by atoms with van der Waals surface area (Å²) in [6.07, 6.45) is -0.381. The van der Waals surface area contributed by atoms with Gasteiger partial charge < -0.3 is 29.5 Å². The molecule has 1 aromatic rings. The molecule has 2 atom stereocenters. The number of morpholine rings is 1. The number of nitrogens with zero attached hydrogens (tertiary/aromatic N) is 1. The summed E-state index contributed by atoms with van der Waals surface area (Å²) < 4.78 is 16.3. The van der Waals surface area contributed by atoms with E-state index in [0.29, 0.717) is 12.3 Å². The van der Waals surface area contributed by atoms with Gasteiger partial charge in [0.15, 0.2) is 11.5 Å². The normalized spacial score (nSPS) is 23.2. The Kier molecular flexibility index (Phi) is 4.60. The second-order valence-corrected chi connectivity index (χ2v) is 5.54. The first-order valence-electron chi connectivity index (χ1n) is 7.31. The number of rotatable bonds is 5. The van der Waals surface area contributed by atoms with E-state index in [4.69, 9.17) is 14.2 Å². The van der Waals surface area contributed by atoms with Crippen molar-refractivity contribution in [3.05, 3.63) is 23.8 Å². The standard InChI is InChI=1S/C15H22N2O4/c1-17-4-5-19-12(9-17)7-16-8-13(18)11-2-3-14-15(6-11)21-10-20-14/h2-3,6,12-13,16,18H,4-5,7-10H2,1H3/t12-,13+/m1/s1. The van der Waals surface area contributed by atoms with E-state index in [1.165, 1.54) is 0 Å². The van der Waals surface area contributed by atoms with Gasteiger partial charge in [-0.3, -0.25) is 0 Å². The SMILES string of the molecule is CN1CCO[C@H](CNC[C@H](O)c2ccc3c(c2)OCO3)C1. The van der Waals surface area contributed by atoms with Gasteiger partial charge in [-0.2, -0.15) is 0 Å². The molecule has 3 rings (SSSR count). The minimum absolute atomic E-state index is 0.188. The largest absolute Gasteiger partial charge is 0.454 e. The topological polar surface area (TPSA) is 63.2 Å². The van der Waals surface area contributed by atoms with E-state index in [0.717, 1.165) is 37.6 Å². The van der Waals surface area contributed by atoms with E-state index in [9.17, 15) is 5.11 Å². The molecule has 0 aromatic heterocycles. The van der Waals surface area contributed by atoms with Crippen LogP contribution >= 0.6 is 0 Å². The van der Waals surface area contributed by atoms with Gasteiger partial charge in [-0.1, -0.05) is 6.07 Å². The van der Waals surface area contributed by atoms with Crippen LogP contribution in [0.3, 0.4) is 0 Å². The highest BCUT2D eigenvalue weighted by molar-refractivity contribution is 5.45. The predicted octanol–water partition coefficient (Wildman–Crippen LogP) is 0.369. The molecule has 0 bridgehead atoms. The molecule has 1 saturated heterocycles. The Balaban J connectivity index is 1.46. The lowest BCUT2D eigenvalue weighted by Gasteiger charge is -2.30. The maximum atomic E-state index is 10.2. The van der Waals surface area contributed by atoms with E-state index in [-0.39, 0.29) is 12.9 Å². The van der Waals surface area contributed by atoms with Crippen molar-refractivity contribution in [1.29, 1.82) is 0 Å². The van der Waals surface area contributed by atoms with Crippen LogP contribution in [0.2, 0.25) is 0 Å². The number of aliphatic hydroxyl groups excluding tert-OH is 1. The Hall–Kier alpha value is -1.34. The van der Waals surface area contributed by atoms with Crippen molar-refractivity contribution in [3.8, 4) is 11.5 Å². The third-order valence-electron chi connectivity index (χ3n) is 3.83. The van der Waals surface area contributed by atoms with Crippen molar-refractivity contribution < 1.29 is 19.3 Å². The van der Waals surface area contributed by atoms with Crippen molar-refractivity contribution >= 4 is 0 Å². The lowest BCUT2D eigenvalue weighted by atomic mass is 10.1. The lowest BCUT2D eigenvalue weighted by Crippen LogP contribution is -2.45. The van der Waals surface area contributed by atoms with Crippen LogP contribution in [0.5, 0.6) is 11.5 Å². The summed E-state index contributed by atoms with van der Waals surface area (Å²) in [4.78, 5) is 2.25. The molecule has 0 unspecified atom stereocenters. The van der Waals surface area contributed by atoms with Gasteiger partial charge in [-0.05, 0) is 24.7 Å². The molecule has 1 fully saturated rings. The molecule has 0 spiro atoms. The third kappa shape index (κ3) is 3.65. The highest BCUT2D eigenvalue weighted by Gasteiger charge is 2.19. The summed E-state index contributed by atoms with van der Waals surface area (Å²) in [5.74, 6) is 1.43. The van der Waals surface area contributed by atoms with Crippen LogP contribution in [0.1, 0.15) is 11.7 Å². The fourth-order valence-electron chi connectivity index (χ4n) is 2.61. The maximum Gasteiger partial charge on any atom is 0.231 e. The van der Waals surface area contributed by atoms with Crippen molar-refractivity contribution in [3.63, 3.8) is 0 Å². The molecule has 0 aliphatic carbocycles. The fraction of sp³-hybridized carbons (Fsp3) is 0.600. The van der Waals surface area contributed by atoms with Gasteiger partial charge in [-0.15, -0.1) is 0 Å². The number of benzene rings is 1. The van der Waals surface area contributed by atoms with Crippen LogP contribution in [-0.2, 0) is 4.74 Å². The molecule has 2 N–H and O–H groups in total. The highest BCUT2D eigenvalue weighted by Crippen LogP contribution is 2.34. The quantitative estimate of drug-likeness (QED) is 0.818. The Morgan fingerprint density at radius 1 is 1.38 bits per heavy atom. The number of nitrogens with one attached hydrogen (secondary N) is 1. The smallest absolute Gasteiger partial charge is 0.231 e. The summed E-state index contributed by atoms with van der Waals surface area (Å²) in [5, 5.41) is 13.5. The van der Waals surface area contributed by atoms with Crippen LogP contribution < -0.4 is 14.8 Å². The third-order valence-corrected chi connectivity index (χ3v) is 3.83. The van der Waals surface area contributed by atoms with E-state index in [1.807, 2.05) is 18.2 Å². The van der Waals surface area contributed by atoms with Crippen LogP contribution in [0.25, 0.3) is 0 Å². The Bertz CT molecular complexity index is 483. The van der Waals surface area contributed by atoms with Crippen molar-refractivity contribution in [2.45, 2.75) is 12.2 Å². The maximum absolute atomic E-state index is 10.2. The Morgan fingerprint density at radius 2 is 2.24 bits per heavy atom. The van der Waals surface area contributed by atoms with Gasteiger partial charge >= 0.3 is 0 Å². The zero-order chi connectivity index (χ0) is 14.7. The zero-order valence-corrected chi connectivity index (χ0v) is 12.2. The van der Waals surface area contributed by atoms with Crippen LogP contribution in [0.15, 0.2) is 18.2 Å². The molecule has 21 heavy (non-hydrogen) atoms. The molecular formula is C15H22N2O4. The monoisotopic (exact) mass is 294 g/mol. The summed E-state index contributed by atoms with van der Waals surface area (Å²) >= 11 is 0. The number of aliphatic hydroxyl groups is 1. The first-order chi connectivity index (χ1) is 10.2. The predicted molar refractivity (Wildman–Crippen MR) is 77.6 cm³/mol. The minimum Gasteiger partial charge on any atom is -0.454 e. The van der Waals surface area contributed by atoms with Crippen molar-refractivity contribution in [2.75, 3.05) is 46.6 Å². The van der Waals surface area contributed by atoms with E-state index in [2.05, 4.69) is 17.3 Å². The molecule has 0 saturated carbocycles. The minimum atomic E-state index is -0.569. The Labute approximate surface area is 124 Å². The van der Waals surface area contributed by atoms with Crippen LogP contribution in [0, 0.1) is 0 Å². The average Bonchev–Trinajstić information content (AvgIpc) is 2.94. The second kappa shape index (κ2) is 6.62. The first kappa shape index (κ1) is 14.6. The first-order valence-corrected chi connectivity index (χ1v) is 7.31. The van der Waals surface area contributed by atoms with Crippen molar-refractivity contribution in [2.24, 2.45) is 0 Å². The van der Waals surface area contributed by atoms with E-state index in [1.54, 1.807) is 0 Å². The lowest BCUT2D eigenvalue weighted by molar-refractivity contribution is -0.0191. The molecule has 2 aliphatic heterocycles. The summed E-state index contributed by atoms with van der Waals surface area (Å²) in [7, 11) is 2.09. The molecule has 0 amide bonds. The molecular weight excluding hydrogens is 272 g/mol. The van der Waals surface area contributed by atoms with Crippen molar-refractivity contribution in [1.82, 2.24) is 10.2 Å². The molecule has 0 radical (unpaired) electrons. The van der Waals surface area contributed by atoms with Gasteiger partial charge in [0.25, 0.3) is 0 Å². The molecule has 116 valence electrons. The highest BCUT2D eigenvalue weighted by atomic mass is 16.7. The van der Waals surface area contributed by atoms with Gasteiger partial charge in [-0.25, -0.2) is 0 Å². The molecule has 2 aliphatic rings. The molecule has 6 nitrogen and oxygen atoms in total. The molecule has 6 heteroatoms. The number of likely N-dealkylation sites (N-methyl/N-ethyl adjacent to an activating group) is 1. The zero-order valence-electron chi connectivity index (χ0n) is 12.2. The number of ether oxygens (including phenoxy) is 3. The fourth-order valence-corrected chi connectivity index (χ4v) is 2.61. The Morgan fingerprint density at radius 3 is 3.10 bits per heavy atom. The van der Waals surface area contributed by atoms with E-state index < -0.39 is 6.10 Å². The van der Waals surface area contributed by atoms with Crippen LogP contribution in [0.4, 0.5) is 0 Å².